The molecule has 9 rings (SSSR count). The molecule has 196 valence electrons. The average molecular weight is 527 g/mol. The quantitative estimate of drug-likeness (QED) is 0.212. The van der Waals surface area contributed by atoms with Crippen LogP contribution >= 0.6 is 0 Å². The molecule has 1 atom stereocenters. The van der Waals surface area contributed by atoms with Crippen molar-refractivity contribution in [3.05, 3.63) is 144 Å². The van der Waals surface area contributed by atoms with Crippen LogP contribution in [0.2, 0.25) is 0 Å². The molecule has 2 heteroatoms. The van der Waals surface area contributed by atoms with Crippen molar-refractivity contribution >= 4 is 49.3 Å². The van der Waals surface area contributed by atoms with Gasteiger partial charge in [-0.3, -0.25) is 0 Å². The Morgan fingerprint density at radius 1 is 0.537 bits per heavy atom. The SMILES string of the molecule is CC1CC2=C(C=C1n1c3ccccc3c3ccccc31)Cc1cc(-n3c4ccccc4c4ccccc43)ccc1C2. The van der Waals surface area contributed by atoms with Gasteiger partial charge in [-0.25, -0.2) is 0 Å². The average Bonchev–Trinajstić information content (AvgIpc) is 3.53. The molecule has 0 N–H and O–H groups in total. The summed E-state index contributed by atoms with van der Waals surface area (Å²) in [6.45, 7) is 2.40. The predicted octanol–water partition coefficient (Wildman–Crippen LogP) is 9.87. The Morgan fingerprint density at radius 3 is 1.61 bits per heavy atom. The molecule has 0 saturated heterocycles. The van der Waals surface area contributed by atoms with Crippen LogP contribution in [0.4, 0.5) is 0 Å². The Morgan fingerprint density at radius 2 is 1.05 bits per heavy atom. The van der Waals surface area contributed by atoms with Gasteiger partial charge in [-0.05, 0) is 78.4 Å². The van der Waals surface area contributed by atoms with E-state index in [1.54, 1.807) is 5.57 Å². The normalized spacial score (nSPS) is 16.9. The summed E-state index contributed by atoms with van der Waals surface area (Å²) in [5.74, 6) is 0.464. The molecule has 7 aromatic rings. The highest BCUT2D eigenvalue weighted by Crippen LogP contribution is 2.43. The van der Waals surface area contributed by atoms with Gasteiger partial charge in [-0.1, -0.05) is 91.4 Å². The minimum Gasteiger partial charge on any atom is -0.313 e. The Hall–Kier alpha value is -4.82. The molecule has 0 radical (unpaired) electrons. The molecule has 2 heterocycles. The van der Waals surface area contributed by atoms with Crippen LogP contribution in [0, 0.1) is 5.92 Å². The first-order chi connectivity index (χ1) is 20.2. The van der Waals surface area contributed by atoms with E-state index in [2.05, 4.69) is 137 Å². The van der Waals surface area contributed by atoms with E-state index in [0.717, 1.165) is 19.3 Å². The zero-order valence-corrected chi connectivity index (χ0v) is 23.1. The maximum atomic E-state index is 2.53. The molecule has 2 aliphatic rings. The van der Waals surface area contributed by atoms with Crippen molar-refractivity contribution in [2.45, 2.75) is 26.2 Å². The molecular weight excluding hydrogens is 496 g/mol. The molecule has 2 aromatic heterocycles. The number of rotatable bonds is 2. The van der Waals surface area contributed by atoms with Gasteiger partial charge in [-0.2, -0.15) is 0 Å². The van der Waals surface area contributed by atoms with Gasteiger partial charge >= 0.3 is 0 Å². The fourth-order valence-corrected chi connectivity index (χ4v) is 7.60. The molecule has 1 unspecified atom stereocenters. The molecule has 0 fully saturated rings. The van der Waals surface area contributed by atoms with E-state index in [9.17, 15) is 0 Å². The molecule has 0 spiro atoms. The van der Waals surface area contributed by atoms with E-state index in [1.807, 2.05) is 0 Å². The smallest absolute Gasteiger partial charge is 0.0541 e. The molecule has 2 aliphatic carbocycles. The Bertz CT molecular complexity index is 2140. The van der Waals surface area contributed by atoms with Crippen molar-refractivity contribution < 1.29 is 0 Å². The minimum absolute atomic E-state index is 0.464. The van der Waals surface area contributed by atoms with E-state index < -0.39 is 0 Å². The summed E-state index contributed by atoms with van der Waals surface area (Å²) in [4.78, 5) is 0. The summed E-state index contributed by atoms with van der Waals surface area (Å²) < 4.78 is 4.97. The molecule has 5 aromatic carbocycles. The second-order valence-corrected chi connectivity index (χ2v) is 11.8. The van der Waals surface area contributed by atoms with Crippen molar-refractivity contribution in [2.75, 3.05) is 0 Å². The van der Waals surface area contributed by atoms with Crippen LogP contribution < -0.4 is 0 Å². The molecule has 41 heavy (non-hydrogen) atoms. The van der Waals surface area contributed by atoms with Gasteiger partial charge in [0.15, 0.2) is 0 Å². The number of hydrogen-bond acceptors (Lipinski definition) is 0. The van der Waals surface area contributed by atoms with Crippen molar-refractivity contribution in [3.63, 3.8) is 0 Å². The highest BCUT2D eigenvalue weighted by Gasteiger charge is 2.27. The summed E-state index contributed by atoms with van der Waals surface area (Å²) in [6.07, 6.45) is 5.69. The monoisotopic (exact) mass is 526 g/mol. The lowest BCUT2D eigenvalue weighted by atomic mass is 9.78. The van der Waals surface area contributed by atoms with Gasteiger partial charge in [0.25, 0.3) is 0 Å². The predicted molar refractivity (Wildman–Crippen MR) is 173 cm³/mol. The molecule has 0 bridgehead atoms. The number of fused-ring (bicyclic) bond motifs is 7. The summed E-state index contributed by atoms with van der Waals surface area (Å²) in [5, 5.41) is 5.29. The van der Waals surface area contributed by atoms with Gasteiger partial charge in [-0.15, -0.1) is 0 Å². The zero-order valence-electron chi connectivity index (χ0n) is 23.1. The largest absolute Gasteiger partial charge is 0.313 e. The van der Waals surface area contributed by atoms with Crippen molar-refractivity contribution in [2.24, 2.45) is 5.92 Å². The fourth-order valence-electron chi connectivity index (χ4n) is 7.60. The third-order valence-corrected chi connectivity index (χ3v) is 9.48. The third-order valence-electron chi connectivity index (χ3n) is 9.48. The standard InChI is InChI=1S/C39H30N2/c1-25-20-27-21-26-18-19-30(40-35-14-6-2-10-31(35)32-11-3-7-15-36(32)40)23-28(26)22-29(27)24-39(25)41-37-16-8-4-12-33(37)34-13-5-9-17-38(34)41/h2-19,23-25H,20-22H2,1H3. The topological polar surface area (TPSA) is 9.86 Å². The lowest BCUT2D eigenvalue weighted by molar-refractivity contribution is 0.668. The lowest BCUT2D eigenvalue weighted by Crippen LogP contribution is -2.18. The van der Waals surface area contributed by atoms with Crippen molar-refractivity contribution in [3.8, 4) is 5.69 Å². The van der Waals surface area contributed by atoms with E-state index >= 15 is 0 Å². The number of allylic oxidation sites excluding steroid dienone is 4. The Balaban J connectivity index is 1.18. The maximum Gasteiger partial charge on any atom is 0.0541 e. The van der Waals surface area contributed by atoms with Gasteiger partial charge in [0.05, 0.1) is 22.1 Å². The summed E-state index contributed by atoms with van der Waals surface area (Å²) >= 11 is 0. The van der Waals surface area contributed by atoms with Gasteiger partial charge < -0.3 is 9.13 Å². The lowest BCUT2D eigenvalue weighted by Gasteiger charge is -2.31. The summed E-state index contributed by atoms with van der Waals surface area (Å²) in [7, 11) is 0. The number of para-hydroxylation sites is 4. The van der Waals surface area contributed by atoms with Gasteiger partial charge in [0, 0.05) is 38.8 Å². The third kappa shape index (κ3) is 3.31. The van der Waals surface area contributed by atoms with Crippen LogP contribution in [-0.4, -0.2) is 9.13 Å². The summed E-state index contributed by atoms with van der Waals surface area (Å²) in [5.41, 5.74) is 13.9. The fraction of sp³-hybridized carbons (Fsp3) is 0.128. The number of aromatic nitrogens is 2. The van der Waals surface area contributed by atoms with Crippen LogP contribution in [0.5, 0.6) is 0 Å². The second-order valence-electron chi connectivity index (χ2n) is 11.8. The maximum absolute atomic E-state index is 2.53. The van der Waals surface area contributed by atoms with Crippen LogP contribution in [0.3, 0.4) is 0 Å². The zero-order chi connectivity index (χ0) is 27.1. The number of benzene rings is 5. The number of nitrogens with zero attached hydrogens (tertiary/aromatic N) is 2. The van der Waals surface area contributed by atoms with E-state index in [1.165, 1.54) is 71.7 Å². The molecule has 0 aliphatic heterocycles. The van der Waals surface area contributed by atoms with Gasteiger partial charge in [0.2, 0.25) is 0 Å². The van der Waals surface area contributed by atoms with E-state index in [0.29, 0.717) is 5.92 Å². The van der Waals surface area contributed by atoms with Gasteiger partial charge in [0.1, 0.15) is 0 Å². The molecular formula is C39H30N2. The first-order valence-corrected chi connectivity index (χ1v) is 14.8. The molecule has 2 nitrogen and oxygen atoms in total. The molecule has 0 saturated carbocycles. The highest BCUT2D eigenvalue weighted by atomic mass is 15.0. The first-order valence-electron chi connectivity index (χ1n) is 14.8. The molecule has 0 amide bonds. The van der Waals surface area contributed by atoms with Crippen LogP contribution in [0.1, 0.15) is 24.5 Å². The number of hydrogen-bond donors (Lipinski definition) is 0. The Labute approximate surface area is 239 Å². The van der Waals surface area contributed by atoms with E-state index in [-0.39, 0.29) is 0 Å². The van der Waals surface area contributed by atoms with Crippen molar-refractivity contribution in [1.82, 2.24) is 9.13 Å². The van der Waals surface area contributed by atoms with Crippen LogP contribution in [0.25, 0.3) is 55.0 Å². The first kappa shape index (κ1) is 22.9. The minimum atomic E-state index is 0.464. The Kier molecular flexibility index (Phi) is 4.81. The highest BCUT2D eigenvalue weighted by molar-refractivity contribution is 6.10. The summed E-state index contributed by atoms with van der Waals surface area (Å²) in [6, 6.07) is 42.5. The van der Waals surface area contributed by atoms with Crippen molar-refractivity contribution in [1.29, 1.82) is 0 Å². The van der Waals surface area contributed by atoms with Crippen LogP contribution in [0.15, 0.2) is 132 Å². The van der Waals surface area contributed by atoms with E-state index in [4.69, 9.17) is 0 Å². The second kappa shape index (κ2) is 8.59. The van der Waals surface area contributed by atoms with Crippen LogP contribution in [-0.2, 0) is 12.8 Å².